The van der Waals surface area contributed by atoms with Crippen LogP contribution in [0.1, 0.15) is 38.9 Å². The molecule has 0 spiro atoms. The summed E-state index contributed by atoms with van der Waals surface area (Å²) in [7, 11) is 0. The Morgan fingerprint density at radius 3 is 2.56 bits per heavy atom. The van der Waals surface area contributed by atoms with Gasteiger partial charge in [0.05, 0.1) is 0 Å². The number of nitrogens with zero attached hydrogens (tertiary/aromatic N) is 2. The molecule has 1 amide bonds. The molecule has 7 nitrogen and oxygen atoms in total. The summed E-state index contributed by atoms with van der Waals surface area (Å²) in [6.07, 6.45) is 0.352. The number of carbonyl (C=O) groups is 2. The van der Waals surface area contributed by atoms with Crippen LogP contribution in [0.4, 0.5) is 4.79 Å². The number of hydrogen-bond donors (Lipinski definition) is 2. The predicted molar refractivity (Wildman–Crippen MR) is 103 cm³/mol. The number of aromatic amines is 1. The molecular formula is C20H27N3O4. The number of carboxylic acid groups (broad SMARTS) is 1. The fourth-order valence-corrected chi connectivity index (χ4v) is 3.43. The molecule has 0 radical (unpaired) electrons. The molecule has 3 rings (SSSR count). The molecule has 1 saturated heterocycles. The molecule has 27 heavy (non-hydrogen) atoms. The van der Waals surface area contributed by atoms with Gasteiger partial charge in [-0.3, -0.25) is 9.69 Å². The van der Waals surface area contributed by atoms with E-state index in [-0.39, 0.29) is 6.09 Å². The van der Waals surface area contributed by atoms with Crippen LogP contribution in [-0.2, 0) is 9.53 Å². The normalized spacial score (nSPS) is 17.5. The van der Waals surface area contributed by atoms with Gasteiger partial charge in [-0.15, -0.1) is 0 Å². The van der Waals surface area contributed by atoms with E-state index in [2.05, 4.69) is 4.98 Å². The number of para-hydroxylation sites is 1. The number of amides is 1. The van der Waals surface area contributed by atoms with Gasteiger partial charge >= 0.3 is 12.1 Å². The first-order valence-electron chi connectivity index (χ1n) is 9.27. The summed E-state index contributed by atoms with van der Waals surface area (Å²) < 4.78 is 5.45. The average molecular weight is 373 g/mol. The van der Waals surface area contributed by atoms with Crippen LogP contribution in [-0.4, -0.2) is 63.7 Å². The molecule has 1 atom stereocenters. The minimum atomic E-state index is -0.896. The molecule has 0 unspecified atom stereocenters. The molecule has 1 aliphatic heterocycles. The number of benzene rings is 1. The largest absolute Gasteiger partial charge is 0.480 e. The Hall–Kier alpha value is -2.54. The quantitative estimate of drug-likeness (QED) is 0.863. The van der Waals surface area contributed by atoms with Crippen molar-refractivity contribution in [2.24, 2.45) is 0 Å². The maximum atomic E-state index is 12.3. The number of fused-ring (bicyclic) bond motifs is 1. The SMILES string of the molecule is CC(C)(C)OC(=O)N1CCCN([C@H](C(=O)O)c2cc3ccccc3[nH]2)CC1. The molecule has 7 heteroatoms. The van der Waals surface area contributed by atoms with Crippen LogP contribution in [0.3, 0.4) is 0 Å². The second-order valence-electron chi connectivity index (χ2n) is 7.91. The van der Waals surface area contributed by atoms with Gasteiger partial charge in [-0.05, 0) is 44.7 Å². The van der Waals surface area contributed by atoms with Crippen molar-refractivity contribution in [3.63, 3.8) is 0 Å². The molecule has 0 aliphatic carbocycles. The molecule has 0 saturated carbocycles. The van der Waals surface area contributed by atoms with Crippen molar-refractivity contribution in [2.45, 2.75) is 38.8 Å². The van der Waals surface area contributed by atoms with Crippen LogP contribution in [0, 0.1) is 0 Å². The topological polar surface area (TPSA) is 85.9 Å². The molecule has 1 aromatic heterocycles. The highest BCUT2D eigenvalue weighted by molar-refractivity contribution is 5.83. The Morgan fingerprint density at radius 2 is 1.89 bits per heavy atom. The lowest BCUT2D eigenvalue weighted by Crippen LogP contribution is -2.40. The summed E-state index contributed by atoms with van der Waals surface area (Å²) >= 11 is 0. The predicted octanol–water partition coefficient (Wildman–Crippen LogP) is 3.24. The molecule has 2 N–H and O–H groups in total. The number of H-pyrrole nitrogens is 1. The lowest BCUT2D eigenvalue weighted by molar-refractivity contribution is -0.143. The van der Waals surface area contributed by atoms with Crippen LogP contribution in [0.25, 0.3) is 10.9 Å². The fraction of sp³-hybridized carbons (Fsp3) is 0.500. The van der Waals surface area contributed by atoms with E-state index in [0.29, 0.717) is 38.3 Å². The van der Waals surface area contributed by atoms with Crippen molar-refractivity contribution in [1.29, 1.82) is 0 Å². The standard InChI is InChI=1S/C20H27N3O4/c1-20(2,3)27-19(26)23-10-6-9-22(11-12-23)17(18(24)25)16-13-14-7-4-5-8-15(14)21-16/h4-5,7-8,13,17,21H,6,9-12H2,1-3H3,(H,24,25)/t17-/m0/s1. The third-order valence-corrected chi connectivity index (χ3v) is 4.63. The molecule has 2 heterocycles. The zero-order valence-corrected chi connectivity index (χ0v) is 16.1. The van der Waals surface area contributed by atoms with Gasteiger partial charge in [0.25, 0.3) is 0 Å². The Balaban J connectivity index is 1.75. The Labute approximate surface area is 158 Å². The van der Waals surface area contributed by atoms with Crippen LogP contribution < -0.4 is 0 Å². The lowest BCUT2D eigenvalue weighted by atomic mass is 10.1. The molecule has 1 aliphatic rings. The number of ether oxygens (including phenoxy) is 1. The number of nitrogens with one attached hydrogen (secondary N) is 1. The summed E-state index contributed by atoms with van der Waals surface area (Å²) in [6.45, 7) is 7.60. The minimum Gasteiger partial charge on any atom is -0.480 e. The Bertz CT molecular complexity index is 791. The summed E-state index contributed by atoms with van der Waals surface area (Å²) in [5.41, 5.74) is 1.04. The van der Waals surface area contributed by atoms with E-state index in [4.69, 9.17) is 4.74 Å². The number of carbonyl (C=O) groups excluding carboxylic acids is 1. The molecular weight excluding hydrogens is 346 g/mol. The second-order valence-corrected chi connectivity index (χ2v) is 7.91. The van der Waals surface area contributed by atoms with Gasteiger partial charge < -0.3 is 19.7 Å². The fourth-order valence-electron chi connectivity index (χ4n) is 3.43. The Morgan fingerprint density at radius 1 is 1.15 bits per heavy atom. The summed E-state index contributed by atoms with van der Waals surface area (Å²) in [5, 5.41) is 10.8. The van der Waals surface area contributed by atoms with E-state index >= 15 is 0 Å². The van der Waals surface area contributed by atoms with Gasteiger partial charge in [0, 0.05) is 37.4 Å². The van der Waals surface area contributed by atoms with Gasteiger partial charge in [-0.25, -0.2) is 4.79 Å². The van der Waals surface area contributed by atoms with Crippen molar-refractivity contribution in [3.05, 3.63) is 36.0 Å². The Kier molecular flexibility index (Phi) is 5.41. The third kappa shape index (κ3) is 4.60. The van der Waals surface area contributed by atoms with E-state index in [1.807, 2.05) is 56.0 Å². The molecule has 0 bridgehead atoms. The minimum absolute atomic E-state index is 0.346. The highest BCUT2D eigenvalue weighted by Crippen LogP contribution is 2.26. The van der Waals surface area contributed by atoms with Crippen molar-refractivity contribution in [2.75, 3.05) is 26.2 Å². The monoisotopic (exact) mass is 373 g/mol. The van der Waals surface area contributed by atoms with Crippen LogP contribution in [0.2, 0.25) is 0 Å². The van der Waals surface area contributed by atoms with Gasteiger partial charge in [0.15, 0.2) is 0 Å². The smallest absolute Gasteiger partial charge is 0.410 e. The first-order valence-corrected chi connectivity index (χ1v) is 9.27. The van der Waals surface area contributed by atoms with Crippen molar-refractivity contribution < 1.29 is 19.4 Å². The number of aliphatic carboxylic acids is 1. The maximum absolute atomic E-state index is 12.3. The first kappa shape index (κ1) is 19.2. The maximum Gasteiger partial charge on any atom is 0.410 e. The first-order chi connectivity index (χ1) is 12.7. The summed E-state index contributed by atoms with van der Waals surface area (Å²) in [5.74, 6) is -0.896. The van der Waals surface area contributed by atoms with Crippen LogP contribution in [0.5, 0.6) is 0 Å². The number of aromatic nitrogens is 1. The van der Waals surface area contributed by atoms with E-state index in [9.17, 15) is 14.7 Å². The van der Waals surface area contributed by atoms with Crippen LogP contribution >= 0.6 is 0 Å². The van der Waals surface area contributed by atoms with E-state index < -0.39 is 17.6 Å². The molecule has 2 aromatic rings. The van der Waals surface area contributed by atoms with E-state index in [1.54, 1.807) is 4.90 Å². The zero-order chi connectivity index (χ0) is 19.6. The van der Waals surface area contributed by atoms with Crippen molar-refractivity contribution in [1.82, 2.24) is 14.8 Å². The number of carboxylic acids is 1. The van der Waals surface area contributed by atoms with E-state index in [0.717, 1.165) is 10.9 Å². The lowest BCUT2D eigenvalue weighted by Gasteiger charge is -2.28. The van der Waals surface area contributed by atoms with Gasteiger partial charge in [-0.1, -0.05) is 18.2 Å². The van der Waals surface area contributed by atoms with Crippen molar-refractivity contribution in [3.8, 4) is 0 Å². The van der Waals surface area contributed by atoms with Gasteiger partial charge in [0.1, 0.15) is 11.6 Å². The molecule has 1 aromatic carbocycles. The van der Waals surface area contributed by atoms with Crippen LogP contribution in [0.15, 0.2) is 30.3 Å². The van der Waals surface area contributed by atoms with Crippen molar-refractivity contribution >= 4 is 23.0 Å². The second kappa shape index (κ2) is 7.60. The summed E-state index contributed by atoms with van der Waals surface area (Å²) in [6, 6.07) is 8.87. The van der Waals surface area contributed by atoms with E-state index in [1.165, 1.54) is 0 Å². The van der Waals surface area contributed by atoms with Gasteiger partial charge in [0.2, 0.25) is 0 Å². The highest BCUT2D eigenvalue weighted by Gasteiger charge is 2.32. The molecule has 146 valence electrons. The van der Waals surface area contributed by atoms with Gasteiger partial charge in [-0.2, -0.15) is 0 Å². The number of hydrogen-bond acceptors (Lipinski definition) is 4. The average Bonchev–Trinajstić information content (AvgIpc) is 2.83. The third-order valence-electron chi connectivity index (χ3n) is 4.63. The number of rotatable bonds is 3. The molecule has 1 fully saturated rings. The zero-order valence-electron chi connectivity index (χ0n) is 16.1. The summed E-state index contributed by atoms with van der Waals surface area (Å²) in [4.78, 5) is 31.2. The highest BCUT2D eigenvalue weighted by atomic mass is 16.6.